The molecule has 2 aromatic rings. The molecule has 220 valence electrons. The molecule has 2 rings (SSSR count). The summed E-state index contributed by atoms with van der Waals surface area (Å²) < 4.78 is 147. The van der Waals surface area contributed by atoms with E-state index in [-0.39, 0.29) is 12.1 Å². The minimum atomic E-state index is -5.33. The predicted molar refractivity (Wildman–Crippen MR) is 123 cm³/mol. The van der Waals surface area contributed by atoms with Crippen molar-refractivity contribution in [1.82, 2.24) is 5.32 Å². The molecule has 0 radical (unpaired) electrons. The van der Waals surface area contributed by atoms with Crippen LogP contribution in [0.15, 0.2) is 36.4 Å². The van der Waals surface area contributed by atoms with Crippen molar-refractivity contribution in [1.29, 1.82) is 0 Å². The molecule has 2 atom stereocenters. The summed E-state index contributed by atoms with van der Waals surface area (Å²) in [6.07, 6.45) is -16.4. The van der Waals surface area contributed by atoms with Gasteiger partial charge in [-0.1, -0.05) is 42.3 Å². The fourth-order valence-electron chi connectivity index (χ4n) is 3.39. The molecule has 16 heteroatoms. The first-order valence-corrected chi connectivity index (χ1v) is 11.5. The van der Waals surface area contributed by atoms with Crippen molar-refractivity contribution in [2.45, 2.75) is 37.8 Å². The van der Waals surface area contributed by atoms with E-state index in [4.69, 9.17) is 23.2 Å². The number of hydrogen-bond donors (Lipinski definition) is 1. The van der Waals surface area contributed by atoms with Crippen LogP contribution in [0.3, 0.4) is 0 Å². The molecular formula is C24H16Cl2F11NO2. The summed E-state index contributed by atoms with van der Waals surface area (Å²) in [5.41, 5.74) is -4.70. The van der Waals surface area contributed by atoms with E-state index in [1.807, 2.05) is 0 Å². The highest BCUT2D eigenvalue weighted by Crippen LogP contribution is 2.42. The molecule has 0 aromatic heterocycles. The number of carbonyl (C=O) groups excluding carboxylic acids is 2. The van der Waals surface area contributed by atoms with E-state index >= 15 is 0 Å². The second-order valence-corrected chi connectivity index (χ2v) is 9.27. The number of allylic oxidation sites excluding steroid dienone is 1. The van der Waals surface area contributed by atoms with Gasteiger partial charge in [-0.05, 0) is 29.8 Å². The molecule has 1 N–H and O–H groups in total. The fraction of sp³-hybridized carbons (Fsp3) is 0.333. The number of halogens is 13. The average Bonchev–Trinajstić information content (AvgIpc) is 2.81. The zero-order valence-electron chi connectivity index (χ0n) is 19.8. The fourth-order valence-corrected chi connectivity index (χ4v) is 3.89. The van der Waals surface area contributed by atoms with Crippen LogP contribution in [0.2, 0.25) is 10.0 Å². The van der Waals surface area contributed by atoms with Gasteiger partial charge in [0.2, 0.25) is 5.91 Å². The number of amides is 1. The molecule has 0 bridgehead atoms. The quantitative estimate of drug-likeness (QED) is 0.180. The topological polar surface area (TPSA) is 46.2 Å². The van der Waals surface area contributed by atoms with Crippen LogP contribution in [0.5, 0.6) is 0 Å². The Bertz CT molecular complexity index is 1280. The van der Waals surface area contributed by atoms with Gasteiger partial charge in [0.15, 0.2) is 11.6 Å². The molecule has 0 saturated carbocycles. The van der Waals surface area contributed by atoms with Crippen molar-refractivity contribution in [2.24, 2.45) is 5.92 Å². The van der Waals surface area contributed by atoms with Gasteiger partial charge in [-0.3, -0.25) is 9.59 Å². The number of ketones is 1. The van der Waals surface area contributed by atoms with E-state index < -0.39 is 99.0 Å². The van der Waals surface area contributed by atoms with Crippen LogP contribution in [-0.4, -0.2) is 30.6 Å². The molecule has 0 aliphatic rings. The zero-order chi connectivity index (χ0) is 30.8. The van der Waals surface area contributed by atoms with Crippen molar-refractivity contribution in [3.8, 4) is 0 Å². The molecule has 0 aliphatic carbocycles. The van der Waals surface area contributed by atoms with Gasteiger partial charge in [0, 0.05) is 23.5 Å². The van der Waals surface area contributed by atoms with Gasteiger partial charge >= 0.3 is 18.5 Å². The molecule has 3 nitrogen and oxygen atoms in total. The van der Waals surface area contributed by atoms with Crippen molar-refractivity contribution in [2.75, 3.05) is 6.54 Å². The molecule has 40 heavy (non-hydrogen) atoms. The third-order valence-electron chi connectivity index (χ3n) is 5.33. The van der Waals surface area contributed by atoms with Gasteiger partial charge in [0.1, 0.15) is 18.3 Å². The van der Waals surface area contributed by atoms with Crippen molar-refractivity contribution >= 4 is 40.7 Å². The molecule has 1 unspecified atom stereocenters. The van der Waals surface area contributed by atoms with Crippen LogP contribution in [0, 0.1) is 11.7 Å². The summed E-state index contributed by atoms with van der Waals surface area (Å²) in [7, 11) is 0. The van der Waals surface area contributed by atoms with Crippen LogP contribution in [0.1, 0.15) is 46.3 Å². The summed E-state index contributed by atoms with van der Waals surface area (Å²) in [5, 5.41) is -0.173. The summed E-state index contributed by atoms with van der Waals surface area (Å²) >= 11 is 11.0. The highest BCUT2D eigenvalue weighted by atomic mass is 35.5. The van der Waals surface area contributed by atoms with E-state index in [1.54, 1.807) is 0 Å². The number of benzene rings is 2. The highest BCUT2D eigenvalue weighted by Gasteiger charge is 2.41. The smallest absolute Gasteiger partial charge is 0.347 e. The Balaban J connectivity index is 2.45. The van der Waals surface area contributed by atoms with Crippen LogP contribution < -0.4 is 5.32 Å². The summed E-state index contributed by atoms with van der Waals surface area (Å²) in [6.45, 7) is -0.757. The van der Waals surface area contributed by atoms with E-state index in [0.717, 1.165) is 6.92 Å². The van der Waals surface area contributed by atoms with Crippen LogP contribution in [-0.2, 0) is 11.0 Å². The summed E-state index contributed by atoms with van der Waals surface area (Å²) in [6, 6.07) is 2.12. The van der Waals surface area contributed by atoms with Gasteiger partial charge in [-0.25, -0.2) is 8.78 Å². The first-order valence-electron chi connectivity index (χ1n) is 10.8. The number of alkyl halides is 9. The van der Waals surface area contributed by atoms with Gasteiger partial charge in [-0.15, -0.1) is 0 Å². The summed E-state index contributed by atoms with van der Waals surface area (Å²) in [4.78, 5) is 24.3. The van der Waals surface area contributed by atoms with Crippen LogP contribution in [0.25, 0.3) is 5.83 Å². The second-order valence-electron chi connectivity index (χ2n) is 8.45. The minimum absolute atomic E-state index is 0.0610. The number of carbonyl (C=O) groups is 2. The van der Waals surface area contributed by atoms with E-state index in [2.05, 4.69) is 0 Å². The Labute approximate surface area is 228 Å². The minimum Gasteiger partial charge on any atom is -0.347 e. The largest absolute Gasteiger partial charge is 0.417 e. The Kier molecular flexibility index (Phi) is 10.3. The first-order chi connectivity index (χ1) is 18.1. The Hall–Kier alpha value is -2.87. The predicted octanol–water partition coefficient (Wildman–Crippen LogP) is 8.70. The maximum atomic E-state index is 14.9. The van der Waals surface area contributed by atoms with E-state index in [9.17, 15) is 57.9 Å². The van der Waals surface area contributed by atoms with Gasteiger partial charge in [-0.2, -0.15) is 39.5 Å². The molecule has 1 amide bonds. The van der Waals surface area contributed by atoms with Gasteiger partial charge in [0.25, 0.3) is 0 Å². The first kappa shape index (κ1) is 33.3. The number of hydrogen-bond acceptors (Lipinski definition) is 2. The Morgan fingerprint density at radius 1 is 0.950 bits per heavy atom. The number of nitrogens with one attached hydrogen (secondary N) is 1. The lowest BCUT2D eigenvalue weighted by molar-refractivity contribution is -0.140. The van der Waals surface area contributed by atoms with Gasteiger partial charge in [0.05, 0.1) is 15.6 Å². The van der Waals surface area contributed by atoms with E-state index in [1.165, 1.54) is 5.32 Å². The lowest BCUT2D eigenvalue weighted by atomic mass is 9.92. The maximum Gasteiger partial charge on any atom is 0.417 e. The van der Waals surface area contributed by atoms with Crippen LogP contribution in [0.4, 0.5) is 48.3 Å². The van der Waals surface area contributed by atoms with Crippen molar-refractivity contribution in [3.05, 3.63) is 74.5 Å². The monoisotopic (exact) mass is 629 g/mol. The lowest BCUT2D eigenvalue weighted by Crippen LogP contribution is -2.37. The standard InChI is InChI=1S/C24H16Cl2F11NO2/c1-10(21(40)38-9-22(29,30)31)4-19(39)13-3-2-11(5-15(13)24(35,36)37)18(27)8-14(23(32,33)34)12-6-16(25)20(28)17(26)7-12/h2-3,5-8,10,14H,4,9H2,1H3,(H,38,40)/b18-8-/t10-,14?/m0/s1. The van der Waals surface area contributed by atoms with Crippen molar-refractivity contribution < 1.29 is 57.9 Å². The second kappa shape index (κ2) is 12.3. The maximum absolute atomic E-state index is 14.9. The lowest BCUT2D eigenvalue weighted by Gasteiger charge is -2.19. The molecule has 0 fully saturated rings. The molecule has 0 heterocycles. The summed E-state index contributed by atoms with van der Waals surface area (Å²) in [5.74, 6) is -9.99. The Morgan fingerprint density at radius 3 is 1.98 bits per heavy atom. The third kappa shape index (κ3) is 8.82. The highest BCUT2D eigenvalue weighted by molar-refractivity contribution is 6.35. The molecular weight excluding hydrogens is 614 g/mol. The normalized spacial score (nSPS) is 14.6. The van der Waals surface area contributed by atoms with Gasteiger partial charge < -0.3 is 5.32 Å². The number of rotatable bonds is 8. The third-order valence-corrected chi connectivity index (χ3v) is 5.88. The molecule has 0 saturated heterocycles. The Morgan fingerprint density at radius 2 is 1.50 bits per heavy atom. The molecule has 0 spiro atoms. The molecule has 0 aliphatic heterocycles. The van der Waals surface area contributed by atoms with Crippen LogP contribution >= 0.6 is 23.2 Å². The van der Waals surface area contributed by atoms with E-state index in [0.29, 0.717) is 24.3 Å². The SMILES string of the molecule is C[C@@H](CC(=O)c1ccc(/C(F)=C/C(c2cc(Cl)c(F)c(Cl)c2)C(F)(F)F)cc1C(F)(F)F)C(=O)NCC(F)(F)F. The zero-order valence-corrected chi connectivity index (χ0v) is 21.3. The number of Topliss-reactive ketones (excluding diaryl/α,β-unsaturated/α-hetero) is 1. The molecule has 2 aromatic carbocycles. The average molecular weight is 630 g/mol. The van der Waals surface area contributed by atoms with Crippen molar-refractivity contribution in [3.63, 3.8) is 0 Å².